The van der Waals surface area contributed by atoms with E-state index in [0.717, 1.165) is 128 Å². The van der Waals surface area contributed by atoms with Crippen LogP contribution in [0.15, 0.2) is 158 Å². The molecule has 0 radical (unpaired) electrons. The Balaban J connectivity index is 4.45. The van der Waals surface area contributed by atoms with Crippen LogP contribution in [0.4, 0.5) is 0 Å². The van der Waals surface area contributed by atoms with Gasteiger partial charge >= 0.3 is 17.9 Å². The van der Waals surface area contributed by atoms with Gasteiger partial charge in [0.2, 0.25) is 0 Å². The highest BCUT2D eigenvalue weighted by molar-refractivity contribution is 5.71. The number of ether oxygens (including phenoxy) is 3. The van der Waals surface area contributed by atoms with Gasteiger partial charge in [0.1, 0.15) is 13.2 Å². The zero-order valence-corrected chi connectivity index (χ0v) is 53.7. The monoisotopic (exact) mass is 1140 g/mol. The van der Waals surface area contributed by atoms with Crippen molar-refractivity contribution in [3.63, 3.8) is 0 Å². The molecule has 0 spiro atoms. The van der Waals surface area contributed by atoms with Crippen molar-refractivity contribution in [3.05, 3.63) is 158 Å². The van der Waals surface area contributed by atoms with Gasteiger partial charge in [-0.1, -0.05) is 288 Å². The number of allylic oxidation sites excluding steroid dienone is 26. The lowest BCUT2D eigenvalue weighted by Crippen LogP contribution is -2.30. The second-order valence-electron chi connectivity index (χ2n) is 22.0. The van der Waals surface area contributed by atoms with E-state index in [0.29, 0.717) is 19.3 Å². The summed E-state index contributed by atoms with van der Waals surface area (Å²) in [6, 6.07) is 0. The smallest absolute Gasteiger partial charge is 0.306 e. The molecule has 1 unspecified atom stereocenters. The van der Waals surface area contributed by atoms with E-state index in [4.69, 9.17) is 14.2 Å². The summed E-state index contributed by atoms with van der Waals surface area (Å²) in [6.45, 7) is 6.35. The van der Waals surface area contributed by atoms with Crippen LogP contribution in [0.5, 0.6) is 0 Å². The summed E-state index contributed by atoms with van der Waals surface area (Å²) >= 11 is 0. The Labute approximate surface area is 511 Å². The molecule has 0 aromatic carbocycles. The molecular weight excluding hydrogens is 1020 g/mol. The molecule has 0 bridgehead atoms. The Hall–Kier alpha value is -4.97. The highest BCUT2D eigenvalue weighted by atomic mass is 16.6. The first kappa shape index (κ1) is 78.0. The highest BCUT2D eigenvalue weighted by Crippen LogP contribution is 2.15. The van der Waals surface area contributed by atoms with Crippen LogP contribution < -0.4 is 0 Å². The molecule has 0 aromatic heterocycles. The van der Waals surface area contributed by atoms with Gasteiger partial charge in [-0.2, -0.15) is 0 Å². The third-order valence-corrected chi connectivity index (χ3v) is 14.0. The Morgan fingerprint density at radius 1 is 0.253 bits per heavy atom. The standard InChI is InChI=1S/C77H124O6/c1-4-7-10-13-16-19-22-25-27-29-31-33-35-36-37-38-39-40-42-43-45-47-49-52-55-58-61-64-67-70-76(79)82-73-74(72-81-75(78)69-66-63-60-57-54-51-24-21-18-15-12-9-6-3)83-77(80)71-68-65-62-59-56-53-50-48-46-44-41-34-32-30-28-26-23-20-17-14-11-8-5-2/h7,9-10,12,16,18-19,21,25,27,30-33,36-37,39-40,43,45,49,51-52,54,58,61,74H,4-6,8,11,13-15,17,20,22-24,26,28-29,34-35,38,41-42,44,46-48,50,53,55-57,59-60,62-73H2,1-3H3/b10-7-,12-9-,19-16-,21-18-,27-25-,32-30-,33-31-,37-36-,40-39-,45-43-,52-49-,54-51-,61-58-. The fourth-order valence-electron chi connectivity index (χ4n) is 8.98. The van der Waals surface area contributed by atoms with E-state index in [1.807, 2.05) is 0 Å². The summed E-state index contributed by atoms with van der Waals surface area (Å²) < 4.78 is 16.9. The first-order valence-corrected chi connectivity index (χ1v) is 34.0. The Morgan fingerprint density at radius 3 is 0.807 bits per heavy atom. The number of hydrogen-bond acceptors (Lipinski definition) is 6. The van der Waals surface area contributed by atoms with Crippen molar-refractivity contribution in [2.75, 3.05) is 13.2 Å². The fourth-order valence-corrected chi connectivity index (χ4v) is 8.98. The molecule has 0 saturated heterocycles. The fraction of sp³-hybridized carbons (Fsp3) is 0.623. The summed E-state index contributed by atoms with van der Waals surface area (Å²) in [7, 11) is 0. The molecule has 0 fully saturated rings. The molecule has 0 heterocycles. The number of unbranched alkanes of at least 4 members (excludes halogenated alkanes) is 23. The molecule has 0 amide bonds. The van der Waals surface area contributed by atoms with Gasteiger partial charge < -0.3 is 14.2 Å². The number of rotatable bonds is 60. The lowest BCUT2D eigenvalue weighted by Gasteiger charge is -2.18. The van der Waals surface area contributed by atoms with Gasteiger partial charge in [-0.15, -0.1) is 0 Å². The topological polar surface area (TPSA) is 78.9 Å². The van der Waals surface area contributed by atoms with Crippen LogP contribution in [0.2, 0.25) is 0 Å². The third kappa shape index (κ3) is 67.7. The first-order valence-electron chi connectivity index (χ1n) is 34.0. The normalized spacial score (nSPS) is 13.1. The quantitative estimate of drug-likeness (QED) is 0.0261. The summed E-state index contributed by atoms with van der Waals surface area (Å²) in [6.07, 6.45) is 101. The van der Waals surface area contributed by atoms with Crippen molar-refractivity contribution < 1.29 is 28.6 Å². The van der Waals surface area contributed by atoms with Crippen molar-refractivity contribution in [2.45, 2.75) is 297 Å². The second kappa shape index (κ2) is 69.5. The molecule has 83 heavy (non-hydrogen) atoms. The molecule has 0 N–H and O–H groups in total. The molecule has 1 atom stereocenters. The molecule has 6 heteroatoms. The van der Waals surface area contributed by atoms with E-state index in [2.05, 4.69) is 179 Å². The Bertz CT molecular complexity index is 1840. The third-order valence-electron chi connectivity index (χ3n) is 14.0. The van der Waals surface area contributed by atoms with Crippen LogP contribution in [0, 0.1) is 0 Å². The van der Waals surface area contributed by atoms with Crippen LogP contribution in [0.1, 0.15) is 290 Å². The largest absolute Gasteiger partial charge is 0.462 e. The molecule has 0 aliphatic carbocycles. The van der Waals surface area contributed by atoms with E-state index in [1.165, 1.54) is 116 Å². The zero-order valence-electron chi connectivity index (χ0n) is 53.7. The molecule has 0 rings (SSSR count). The van der Waals surface area contributed by atoms with E-state index in [-0.39, 0.29) is 37.5 Å². The molecule has 0 aromatic rings. The lowest BCUT2D eigenvalue weighted by atomic mass is 10.0. The van der Waals surface area contributed by atoms with Gasteiger partial charge in [0.05, 0.1) is 0 Å². The highest BCUT2D eigenvalue weighted by Gasteiger charge is 2.19. The van der Waals surface area contributed by atoms with Crippen LogP contribution in [-0.4, -0.2) is 37.2 Å². The summed E-state index contributed by atoms with van der Waals surface area (Å²) in [4.78, 5) is 38.3. The molecule has 0 aliphatic heterocycles. The summed E-state index contributed by atoms with van der Waals surface area (Å²) in [5.41, 5.74) is 0. The average Bonchev–Trinajstić information content (AvgIpc) is 3.49. The minimum absolute atomic E-state index is 0.117. The molecule has 0 aliphatic rings. The van der Waals surface area contributed by atoms with Crippen molar-refractivity contribution >= 4 is 17.9 Å². The van der Waals surface area contributed by atoms with E-state index in [9.17, 15) is 14.4 Å². The maximum absolute atomic E-state index is 12.9. The number of carbonyl (C=O) groups is 3. The Morgan fingerprint density at radius 2 is 0.482 bits per heavy atom. The zero-order chi connectivity index (χ0) is 59.9. The van der Waals surface area contributed by atoms with E-state index in [1.54, 1.807) is 0 Å². The molecular formula is C77H124O6. The van der Waals surface area contributed by atoms with Crippen LogP contribution >= 0.6 is 0 Å². The second-order valence-corrected chi connectivity index (χ2v) is 22.0. The molecule has 6 nitrogen and oxygen atoms in total. The molecule has 0 saturated carbocycles. The van der Waals surface area contributed by atoms with Crippen molar-refractivity contribution in [1.29, 1.82) is 0 Å². The predicted molar refractivity (Wildman–Crippen MR) is 362 cm³/mol. The predicted octanol–water partition coefficient (Wildman–Crippen LogP) is 23.7. The number of carbonyl (C=O) groups excluding carboxylic acids is 3. The van der Waals surface area contributed by atoms with Gasteiger partial charge in [-0.25, -0.2) is 0 Å². The minimum Gasteiger partial charge on any atom is -0.462 e. The number of esters is 3. The van der Waals surface area contributed by atoms with Gasteiger partial charge in [0.25, 0.3) is 0 Å². The van der Waals surface area contributed by atoms with Crippen molar-refractivity contribution in [2.24, 2.45) is 0 Å². The van der Waals surface area contributed by atoms with E-state index >= 15 is 0 Å². The van der Waals surface area contributed by atoms with Crippen LogP contribution in [0.25, 0.3) is 0 Å². The average molecular weight is 1150 g/mol. The van der Waals surface area contributed by atoms with Gasteiger partial charge in [-0.3, -0.25) is 14.4 Å². The van der Waals surface area contributed by atoms with Gasteiger partial charge in [-0.05, 0) is 141 Å². The number of hydrogen-bond donors (Lipinski definition) is 0. The van der Waals surface area contributed by atoms with Crippen LogP contribution in [-0.2, 0) is 28.6 Å². The van der Waals surface area contributed by atoms with Gasteiger partial charge in [0, 0.05) is 19.3 Å². The summed E-state index contributed by atoms with van der Waals surface area (Å²) in [5.74, 6) is -1.01. The lowest BCUT2D eigenvalue weighted by molar-refractivity contribution is -0.167. The SMILES string of the molecule is CC/C=C\C/C=C\C/C=C\C/C=C\C/C=C\C/C=C\C/C=C\C/C=C\C/C=C\CCCC(=O)OCC(COC(=O)CCCCC/C=C\C/C=C\C/C=C\CC)OC(=O)CCCCCCCCCCCCC/C=C\CCCCCCCCCC. The minimum atomic E-state index is -0.823. The molecule has 468 valence electrons. The summed E-state index contributed by atoms with van der Waals surface area (Å²) in [5, 5.41) is 0. The maximum Gasteiger partial charge on any atom is 0.306 e. The maximum atomic E-state index is 12.9. The Kier molecular flexibility index (Phi) is 65.4. The van der Waals surface area contributed by atoms with E-state index < -0.39 is 6.10 Å². The van der Waals surface area contributed by atoms with Crippen molar-refractivity contribution in [1.82, 2.24) is 0 Å². The van der Waals surface area contributed by atoms with Crippen molar-refractivity contribution in [3.8, 4) is 0 Å². The first-order chi connectivity index (χ1) is 41.0. The van der Waals surface area contributed by atoms with Crippen LogP contribution in [0.3, 0.4) is 0 Å². The van der Waals surface area contributed by atoms with Gasteiger partial charge in [0.15, 0.2) is 6.10 Å².